The summed E-state index contributed by atoms with van der Waals surface area (Å²) in [5, 5.41) is 3.43. The number of thioether (sulfide) groups is 1. The maximum Gasteiger partial charge on any atom is 0.213 e. The molecule has 7 heteroatoms. The SMILES string of the molecule is CN=C(NCc1ccc(OCCOC)nc1)N1CCSC(C)(C)C1. The zero-order valence-electron chi connectivity index (χ0n) is 15.0. The fourth-order valence-corrected chi connectivity index (χ4v) is 3.65. The summed E-state index contributed by atoms with van der Waals surface area (Å²) in [4.78, 5) is 11.1. The summed E-state index contributed by atoms with van der Waals surface area (Å²) in [7, 11) is 3.49. The van der Waals surface area contributed by atoms with Gasteiger partial charge in [-0.3, -0.25) is 4.99 Å². The Balaban J connectivity index is 1.84. The number of aromatic nitrogens is 1. The van der Waals surface area contributed by atoms with E-state index in [0.717, 1.165) is 30.4 Å². The van der Waals surface area contributed by atoms with Gasteiger partial charge >= 0.3 is 0 Å². The summed E-state index contributed by atoms with van der Waals surface area (Å²) in [6, 6.07) is 3.90. The topological polar surface area (TPSA) is 59.0 Å². The van der Waals surface area contributed by atoms with Gasteiger partial charge in [-0.05, 0) is 19.4 Å². The summed E-state index contributed by atoms with van der Waals surface area (Å²) >= 11 is 2.02. The number of pyridine rings is 1. The quantitative estimate of drug-likeness (QED) is 0.480. The van der Waals surface area contributed by atoms with Gasteiger partial charge in [0.05, 0.1) is 6.61 Å². The van der Waals surface area contributed by atoms with E-state index in [9.17, 15) is 0 Å². The number of ether oxygens (including phenoxy) is 2. The molecule has 6 nitrogen and oxygen atoms in total. The summed E-state index contributed by atoms with van der Waals surface area (Å²) in [6.07, 6.45) is 1.83. The van der Waals surface area contributed by atoms with Crippen molar-refractivity contribution in [2.24, 2.45) is 4.99 Å². The fourth-order valence-electron chi connectivity index (χ4n) is 2.54. The Morgan fingerprint density at radius 2 is 2.25 bits per heavy atom. The molecule has 1 aromatic heterocycles. The summed E-state index contributed by atoms with van der Waals surface area (Å²) in [6.45, 7) is 8.36. The third-order valence-corrected chi connectivity index (χ3v) is 5.02. The molecule has 0 radical (unpaired) electrons. The zero-order valence-corrected chi connectivity index (χ0v) is 15.9. The number of rotatable bonds is 6. The van der Waals surface area contributed by atoms with Crippen molar-refractivity contribution in [1.29, 1.82) is 0 Å². The first-order chi connectivity index (χ1) is 11.5. The Kier molecular flexibility index (Phi) is 7.17. The molecule has 0 atom stereocenters. The molecule has 0 amide bonds. The Labute approximate surface area is 149 Å². The molecule has 2 heterocycles. The average Bonchev–Trinajstić information content (AvgIpc) is 2.56. The van der Waals surface area contributed by atoms with Crippen molar-refractivity contribution in [2.75, 3.05) is 46.2 Å². The Morgan fingerprint density at radius 1 is 1.42 bits per heavy atom. The minimum atomic E-state index is 0.263. The molecular weight excluding hydrogens is 324 g/mol. The van der Waals surface area contributed by atoms with Crippen LogP contribution in [0.3, 0.4) is 0 Å². The van der Waals surface area contributed by atoms with Crippen molar-refractivity contribution in [3.8, 4) is 5.88 Å². The summed E-state index contributed by atoms with van der Waals surface area (Å²) in [5.74, 6) is 2.70. The lowest BCUT2D eigenvalue weighted by Crippen LogP contribution is -2.50. The molecule has 0 bridgehead atoms. The van der Waals surface area contributed by atoms with Gasteiger partial charge in [-0.25, -0.2) is 4.98 Å². The van der Waals surface area contributed by atoms with Gasteiger partial charge in [0.25, 0.3) is 0 Å². The van der Waals surface area contributed by atoms with Crippen molar-refractivity contribution in [1.82, 2.24) is 15.2 Å². The van der Waals surface area contributed by atoms with Crippen LogP contribution in [0.2, 0.25) is 0 Å². The average molecular weight is 353 g/mol. The van der Waals surface area contributed by atoms with Crippen LogP contribution < -0.4 is 10.1 Å². The third-order valence-electron chi connectivity index (χ3n) is 3.72. The predicted molar refractivity (Wildman–Crippen MR) is 99.9 cm³/mol. The molecule has 1 saturated heterocycles. The molecule has 1 N–H and O–H groups in total. The normalized spacial score (nSPS) is 17.7. The predicted octanol–water partition coefficient (Wildman–Crippen LogP) is 2.01. The highest BCUT2D eigenvalue weighted by molar-refractivity contribution is 8.00. The van der Waals surface area contributed by atoms with Crippen molar-refractivity contribution in [3.05, 3.63) is 23.9 Å². The van der Waals surface area contributed by atoms with Crippen LogP contribution >= 0.6 is 11.8 Å². The Hall–Kier alpha value is -1.47. The van der Waals surface area contributed by atoms with E-state index in [1.165, 1.54) is 0 Å². The van der Waals surface area contributed by atoms with Gasteiger partial charge in [0, 0.05) is 56.6 Å². The fraction of sp³-hybridized carbons (Fsp3) is 0.647. The first-order valence-electron chi connectivity index (χ1n) is 8.20. The van der Waals surface area contributed by atoms with Crippen LogP contribution in [-0.2, 0) is 11.3 Å². The van der Waals surface area contributed by atoms with Gasteiger partial charge in [0.2, 0.25) is 5.88 Å². The second-order valence-electron chi connectivity index (χ2n) is 6.28. The molecule has 2 rings (SSSR count). The lowest BCUT2D eigenvalue weighted by Gasteiger charge is -2.39. The molecule has 0 saturated carbocycles. The maximum absolute atomic E-state index is 5.48. The minimum absolute atomic E-state index is 0.263. The molecule has 24 heavy (non-hydrogen) atoms. The monoisotopic (exact) mass is 352 g/mol. The third kappa shape index (κ3) is 5.87. The number of nitrogens with zero attached hydrogens (tertiary/aromatic N) is 3. The highest BCUT2D eigenvalue weighted by Gasteiger charge is 2.28. The largest absolute Gasteiger partial charge is 0.475 e. The van der Waals surface area contributed by atoms with Crippen LogP contribution in [0.1, 0.15) is 19.4 Å². The van der Waals surface area contributed by atoms with Gasteiger partial charge in [-0.2, -0.15) is 11.8 Å². The molecule has 0 spiro atoms. The number of hydrogen-bond donors (Lipinski definition) is 1. The van der Waals surface area contributed by atoms with E-state index < -0.39 is 0 Å². The van der Waals surface area contributed by atoms with E-state index in [0.29, 0.717) is 25.6 Å². The molecule has 134 valence electrons. The molecule has 1 aliphatic rings. The Bertz CT molecular complexity index is 534. The van der Waals surface area contributed by atoms with Gasteiger partial charge in [-0.1, -0.05) is 6.07 Å². The van der Waals surface area contributed by atoms with Crippen LogP contribution in [0.25, 0.3) is 0 Å². The number of guanidine groups is 1. The minimum Gasteiger partial charge on any atom is -0.475 e. The van der Waals surface area contributed by atoms with Crippen molar-refractivity contribution >= 4 is 17.7 Å². The van der Waals surface area contributed by atoms with E-state index >= 15 is 0 Å². The van der Waals surface area contributed by atoms with Gasteiger partial charge in [0.1, 0.15) is 6.61 Å². The van der Waals surface area contributed by atoms with Crippen molar-refractivity contribution < 1.29 is 9.47 Å². The first-order valence-corrected chi connectivity index (χ1v) is 9.19. The summed E-state index contributed by atoms with van der Waals surface area (Å²) in [5.41, 5.74) is 1.10. The number of methoxy groups -OCH3 is 1. The van der Waals surface area contributed by atoms with Crippen LogP contribution in [0, 0.1) is 0 Å². The van der Waals surface area contributed by atoms with Crippen molar-refractivity contribution in [3.63, 3.8) is 0 Å². The van der Waals surface area contributed by atoms with E-state index in [1.54, 1.807) is 7.11 Å². The smallest absolute Gasteiger partial charge is 0.213 e. The van der Waals surface area contributed by atoms with E-state index in [1.807, 2.05) is 37.1 Å². The highest BCUT2D eigenvalue weighted by Crippen LogP contribution is 2.29. The second-order valence-corrected chi connectivity index (χ2v) is 8.08. The molecule has 1 fully saturated rings. The molecule has 0 unspecified atom stereocenters. The van der Waals surface area contributed by atoms with Crippen molar-refractivity contribution in [2.45, 2.75) is 25.1 Å². The number of hydrogen-bond acceptors (Lipinski definition) is 5. The molecule has 1 aromatic rings. The maximum atomic E-state index is 5.48. The lowest BCUT2D eigenvalue weighted by atomic mass is 10.2. The molecule has 0 aromatic carbocycles. The van der Waals surface area contributed by atoms with Gasteiger partial charge in [-0.15, -0.1) is 0 Å². The van der Waals surface area contributed by atoms with Crippen LogP contribution in [0.4, 0.5) is 0 Å². The van der Waals surface area contributed by atoms with Gasteiger partial charge < -0.3 is 19.7 Å². The van der Waals surface area contributed by atoms with E-state index in [2.05, 4.69) is 34.0 Å². The van der Waals surface area contributed by atoms with E-state index in [-0.39, 0.29) is 4.75 Å². The molecule has 1 aliphatic heterocycles. The number of nitrogens with one attached hydrogen (secondary N) is 1. The molecule has 0 aliphatic carbocycles. The van der Waals surface area contributed by atoms with E-state index in [4.69, 9.17) is 9.47 Å². The standard InChI is InChI=1S/C17H28N4O2S/c1-17(2)13-21(7-10-24-17)16(18-3)20-12-14-5-6-15(19-11-14)23-9-8-22-4/h5-6,11H,7-10,12-13H2,1-4H3,(H,18,20). The number of aliphatic imine (C=N–C) groups is 1. The highest BCUT2D eigenvalue weighted by atomic mass is 32.2. The lowest BCUT2D eigenvalue weighted by molar-refractivity contribution is 0.143. The van der Waals surface area contributed by atoms with Crippen LogP contribution in [0.5, 0.6) is 5.88 Å². The second kappa shape index (κ2) is 9.13. The zero-order chi connectivity index (χ0) is 17.4. The van der Waals surface area contributed by atoms with Crippen LogP contribution in [0.15, 0.2) is 23.3 Å². The van der Waals surface area contributed by atoms with Gasteiger partial charge in [0.15, 0.2) is 5.96 Å². The summed E-state index contributed by atoms with van der Waals surface area (Å²) < 4.78 is 10.7. The molecular formula is C17H28N4O2S. The Morgan fingerprint density at radius 3 is 2.88 bits per heavy atom. The van der Waals surface area contributed by atoms with Crippen LogP contribution in [-0.4, -0.2) is 66.8 Å². The first kappa shape index (κ1) is 18.9.